The SMILES string of the molecule is CCCN(c1cccc(NS(=O)(=O)c2ccc(C(F)(F)F)cn2)c1)C1C(=O)CC(CCc2ccc(O)cc2)(C(C)C)OC1=O. The Bertz CT molecular complexity index is 1580. The highest BCUT2D eigenvalue weighted by molar-refractivity contribution is 7.92. The van der Waals surface area contributed by atoms with Gasteiger partial charge in [0.1, 0.15) is 11.4 Å². The number of benzene rings is 2. The summed E-state index contributed by atoms with van der Waals surface area (Å²) in [4.78, 5) is 32.3. The van der Waals surface area contributed by atoms with Crippen LogP contribution in [0.4, 0.5) is 24.5 Å². The summed E-state index contributed by atoms with van der Waals surface area (Å²) in [5.74, 6) is -1.05. The number of pyridine rings is 1. The Kier molecular flexibility index (Phi) is 9.57. The molecule has 0 bridgehead atoms. The number of esters is 1. The van der Waals surface area contributed by atoms with Gasteiger partial charge in [0, 0.05) is 24.8 Å². The number of aromatic nitrogens is 1. The van der Waals surface area contributed by atoms with E-state index < -0.39 is 44.4 Å². The molecule has 1 fully saturated rings. The lowest BCUT2D eigenvalue weighted by atomic mass is 9.77. The highest BCUT2D eigenvalue weighted by Gasteiger charge is 2.50. The van der Waals surface area contributed by atoms with E-state index in [-0.39, 0.29) is 36.1 Å². The summed E-state index contributed by atoms with van der Waals surface area (Å²) in [6.45, 7) is 5.93. The third kappa shape index (κ3) is 7.32. The van der Waals surface area contributed by atoms with Crippen molar-refractivity contribution in [2.45, 2.75) is 69.3 Å². The number of hydrogen-bond acceptors (Lipinski definition) is 8. The van der Waals surface area contributed by atoms with Gasteiger partial charge in [0.25, 0.3) is 10.0 Å². The van der Waals surface area contributed by atoms with Crippen molar-refractivity contribution < 1.29 is 41.0 Å². The van der Waals surface area contributed by atoms with E-state index in [1.165, 1.54) is 18.2 Å². The van der Waals surface area contributed by atoms with Gasteiger partial charge in [-0.05, 0) is 73.2 Å². The van der Waals surface area contributed by atoms with Crippen molar-refractivity contribution in [1.82, 2.24) is 4.98 Å². The highest BCUT2D eigenvalue weighted by atomic mass is 32.2. The average Bonchev–Trinajstić information content (AvgIpc) is 2.95. The largest absolute Gasteiger partial charge is 0.508 e. The van der Waals surface area contributed by atoms with Gasteiger partial charge in [-0.3, -0.25) is 9.52 Å². The van der Waals surface area contributed by atoms with Crippen molar-refractivity contribution in [1.29, 1.82) is 0 Å². The molecule has 0 amide bonds. The molecular formula is C31H34F3N3O6S. The molecule has 1 aliphatic rings. The van der Waals surface area contributed by atoms with Crippen molar-refractivity contribution in [2.24, 2.45) is 5.92 Å². The van der Waals surface area contributed by atoms with Crippen molar-refractivity contribution in [3.8, 4) is 5.75 Å². The number of carbonyl (C=O) groups excluding carboxylic acids is 2. The Morgan fingerprint density at radius 3 is 2.39 bits per heavy atom. The second-order valence-electron chi connectivity index (χ2n) is 11.1. The summed E-state index contributed by atoms with van der Waals surface area (Å²) in [6.07, 6.45) is -2.75. The number of aromatic hydroxyl groups is 1. The molecule has 0 aliphatic carbocycles. The van der Waals surface area contributed by atoms with E-state index in [1.54, 1.807) is 35.2 Å². The van der Waals surface area contributed by atoms with Crippen LogP contribution in [-0.4, -0.2) is 48.4 Å². The van der Waals surface area contributed by atoms with Gasteiger partial charge in [-0.15, -0.1) is 0 Å². The summed E-state index contributed by atoms with van der Waals surface area (Å²) in [7, 11) is -4.35. The average molecular weight is 634 g/mol. The number of anilines is 2. The van der Waals surface area contributed by atoms with Crippen LogP contribution in [0.1, 0.15) is 51.2 Å². The van der Waals surface area contributed by atoms with Crippen molar-refractivity contribution in [3.05, 3.63) is 78.0 Å². The monoisotopic (exact) mass is 633 g/mol. The van der Waals surface area contributed by atoms with Crippen LogP contribution >= 0.6 is 0 Å². The minimum absolute atomic E-state index is 0.00865. The zero-order valence-corrected chi connectivity index (χ0v) is 25.3. The molecule has 2 atom stereocenters. The van der Waals surface area contributed by atoms with Gasteiger partial charge in [-0.25, -0.2) is 9.78 Å². The summed E-state index contributed by atoms with van der Waals surface area (Å²) in [5.41, 5.74) is -0.741. The first-order chi connectivity index (χ1) is 20.6. The number of halogens is 3. The molecule has 13 heteroatoms. The standard InChI is InChI=1S/C31H34F3N3O6S/c1-4-16-37(24-7-5-6-23(17-24)36-44(41,42)27-13-10-22(19-35-27)31(32,33)34)28-26(39)18-30(20(2)3,43-29(28)40)15-14-21-8-11-25(38)12-9-21/h5-13,17,19-20,28,36,38H,4,14-16,18H2,1-3H3. The molecule has 2 N–H and O–H groups in total. The molecule has 2 unspecified atom stereocenters. The Balaban J connectivity index is 1.55. The van der Waals surface area contributed by atoms with Crippen LogP contribution in [0.15, 0.2) is 71.9 Å². The number of hydrogen-bond donors (Lipinski definition) is 2. The van der Waals surface area contributed by atoms with Crippen LogP contribution in [0.2, 0.25) is 0 Å². The number of rotatable bonds is 11. The first kappa shape index (κ1) is 32.8. The lowest BCUT2D eigenvalue weighted by Gasteiger charge is -2.44. The Hall–Kier alpha value is -4.13. The van der Waals surface area contributed by atoms with Crippen LogP contribution in [-0.2, 0) is 36.9 Å². The maximum Gasteiger partial charge on any atom is 0.417 e. The van der Waals surface area contributed by atoms with Crippen molar-refractivity contribution >= 4 is 33.2 Å². The number of nitrogens with one attached hydrogen (secondary N) is 1. The number of sulfonamides is 1. The van der Waals surface area contributed by atoms with Gasteiger partial charge < -0.3 is 14.7 Å². The Morgan fingerprint density at radius 2 is 1.82 bits per heavy atom. The van der Waals surface area contributed by atoms with E-state index in [0.717, 1.165) is 11.6 Å². The van der Waals surface area contributed by atoms with Gasteiger partial charge >= 0.3 is 12.1 Å². The molecule has 4 rings (SSSR count). The van der Waals surface area contributed by atoms with Gasteiger partial charge in [-0.1, -0.05) is 39.0 Å². The first-order valence-electron chi connectivity index (χ1n) is 14.1. The molecule has 1 aromatic heterocycles. The number of ketones is 1. The van der Waals surface area contributed by atoms with Gasteiger partial charge in [0.05, 0.1) is 11.3 Å². The van der Waals surface area contributed by atoms with Crippen LogP contribution in [0.3, 0.4) is 0 Å². The number of phenolic OH excluding ortho intramolecular Hbond substituents is 1. The summed E-state index contributed by atoms with van der Waals surface area (Å²) >= 11 is 0. The maximum absolute atomic E-state index is 13.7. The van der Waals surface area contributed by atoms with Gasteiger partial charge in [0.2, 0.25) is 0 Å². The third-order valence-corrected chi connectivity index (χ3v) is 8.97. The van der Waals surface area contributed by atoms with Gasteiger partial charge in [-0.2, -0.15) is 21.6 Å². The number of carbonyl (C=O) groups is 2. The molecule has 44 heavy (non-hydrogen) atoms. The molecule has 0 radical (unpaired) electrons. The number of alkyl halides is 3. The molecule has 1 saturated heterocycles. The first-order valence-corrected chi connectivity index (χ1v) is 15.6. The normalized spacial score (nSPS) is 19.1. The molecule has 0 saturated carbocycles. The number of cyclic esters (lactones) is 1. The number of phenols is 1. The fourth-order valence-corrected chi connectivity index (χ4v) is 6.18. The van der Waals surface area contributed by atoms with Gasteiger partial charge in [0.15, 0.2) is 16.9 Å². The predicted molar refractivity (Wildman–Crippen MR) is 158 cm³/mol. The molecule has 236 valence electrons. The minimum Gasteiger partial charge on any atom is -0.508 e. The fourth-order valence-electron chi connectivity index (χ4n) is 5.20. The lowest BCUT2D eigenvalue weighted by Crippen LogP contribution is -2.59. The number of Topliss-reactive ketones (excluding diaryl/α,β-unsaturated/α-hetero) is 1. The molecule has 1 aliphatic heterocycles. The van der Waals surface area contributed by atoms with Crippen LogP contribution in [0.5, 0.6) is 5.75 Å². The maximum atomic E-state index is 13.7. The molecule has 2 heterocycles. The number of ether oxygens (including phenoxy) is 1. The number of aryl methyl sites for hydroxylation is 1. The topological polar surface area (TPSA) is 126 Å². The summed E-state index contributed by atoms with van der Waals surface area (Å²) < 4.78 is 72.8. The van der Waals surface area contributed by atoms with Crippen molar-refractivity contribution in [3.63, 3.8) is 0 Å². The molecule has 9 nitrogen and oxygen atoms in total. The Morgan fingerprint density at radius 1 is 1.11 bits per heavy atom. The predicted octanol–water partition coefficient (Wildman–Crippen LogP) is 5.74. The van der Waals surface area contributed by atoms with E-state index in [4.69, 9.17) is 4.74 Å². The Labute approximate surface area is 254 Å². The van der Waals surface area contributed by atoms with Crippen LogP contribution in [0, 0.1) is 5.92 Å². The molecule has 2 aromatic carbocycles. The smallest absolute Gasteiger partial charge is 0.417 e. The van der Waals surface area contributed by atoms with E-state index in [2.05, 4.69) is 9.71 Å². The third-order valence-electron chi connectivity index (χ3n) is 7.68. The van der Waals surface area contributed by atoms with E-state index >= 15 is 0 Å². The fraction of sp³-hybridized carbons (Fsp3) is 0.387. The van der Waals surface area contributed by atoms with Crippen LogP contribution < -0.4 is 9.62 Å². The highest BCUT2D eigenvalue weighted by Crippen LogP contribution is 2.38. The molecular weight excluding hydrogens is 599 g/mol. The zero-order valence-electron chi connectivity index (χ0n) is 24.5. The van der Waals surface area contributed by atoms with E-state index in [9.17, 15) is 36.3 Å². The van der Waals surface area contributed by atoms with E-state index in [0.29, 0.717) is 37.2 Å². The molecule has 3 aromatic rings. The number of nitrogens with zero attached hydrogens (tertiary/aromatic N) is 2. The van der Waals surface area contributed by atoms with E-state index in [1.807, 2.05) is 20.8 Å². The van der Waals surface area contributed by atoms with Crippen molar-refractivity contribution in [2.75, 3.05) is 16.2 Å². The van der Waals surface area contributed by atoms with Crippen LogP contribution in [0.25, 0.3) is 0 Å². The second kappa shape index (κ2) is 12.8. The summed E-state index contributed by atoms with van der Waals surface area (Å²) in [6, 6.07) is 12.9. The second-order valence-corrected chi connectivity index (χ2v) is 12.7. The molecule has 0 spiro atoms. The zero-order chi connectivity index (χ0) is 32.3. The quantitative estimate of drug-likeness (QED) is 0.203. The lowest BCUT2D eigenvalue weighted by molar-refractivity contribution is -0.179. The minimum atomic E-state index is -4.67. The summed E-state index contributed by atoms with van der Waals surface area (Å²) in [5, 5.41) is 8.96.